The Morgan fingerprint density at radius 1 is 1.45 bits per heavy atom. The molecule has 1 atom stereocenters. The summed E-state index contributed by atoms with van der Waals surface area (Å²) < 4.78 is 5.20. The lowest BCUT2D eigenvalue weighted by Gasteiger charge is -2.24. The Morgan fingerprint density at radius 2 is 2.15 bits per heavy atom. The zero-order chi connectivity index (χ0) is 14.5. The summed E-state index contributed by atoms with van der Waals surface area (Å²) >= 11 is 0. The van der Waals surface area contributed by atoms with Crippen molar-refractivity contribution in [1.29, 1.82) is 0 Å². The molecular weight excluding hydrogens is 254 g/mol. The molecule has 1 amide bonds. The van der Waals surface area contributed by atoms with E-state index in [1.54, 1.807) is 25.3 Å². The van der Waals surface area contributed by atoms with Crippen LogP contribution in [0.15, 0.2) is 18.2 Å². The number of carbonyl (C=O) groups is 1. The third-order valence-corrected chi connectivity index (χ3v) is 3.79. The van der Waals surface area contributed by atoms with Crippen molar-refractivity contribution < 1.29 is 9.53 Å². The van der Waals surface area contributed by atoms with Gasteiger partial charge in [0.2, 0.25) is 0 Å². The molecule has 0 radical (unpaired) electrons. The third kappa shape index (κ3) is 3.42. The van der Waals surface area contributed by atoms with Crippen molar-refractivity contribution in [2.45, 2.75) is 25.8 Å². The second kappa shape index (κ2) is 6.61. The van der Waals surface area contributed by atoms with Crippen LogP contribution in [-0.2, 0) is 0 Å². The molecule has 0 bridgehead atoms. The minimum absolute atomic E-state index is 0.118. The first-order valence-electron chi connectivity index (χ1n) is 7.07. The van der Waals surface area contributed by atoms with Crippen LogP contribution in [0.1, 0.15) is 30.1 Å². The number of likely N-dealkylation sites (tertiary alicyclic amines) is 1. The third-order valence-electron chi connectivity index (χ3n) is 3.79. The molecule has 1 aromatic rings. The first kappa shape index (κ1) is 14.7. The Kier molecular flexibility index (Phi) is 4.84. The molecule has 110 valence electrons. The highest BCUT2D eigenvalue weighted by Crippen LogP contribution is 2.21. The van der Waals surface area contributed by atoms with E-state index in [4.69, 9.17) is 10.5 Å². The first-order chi connectivity index (χ1) is 9.61. The van der Waals surface area contributed by atoms with Gasteiger partial charge in [0.1, 0.15) is 5.75 Å². The van der Waals surface area contributed by atoms with Crippen LogP contribution in [-0.4, -0.2) is 43.6 Å². The fourth-order valence-corrected chi connectivity index (χ4v) is 2.54. The number of nitrogens with zero attached hydrogens (tertiary/aromatic N) is 1. The highest BCUT2D eigenvalue weighted by molar-refractivity contribution is 5.97. The fourth-order valence-electron chi connectivity index (χ4n) is 2.54. The fraction of sp³-hybridized carbons (Fsp3) is 0.533. The summed E-state index contributed by atoms with van der Waals surface area (Å²) in [4.78, 5) is 14.6. The van der Waals surface area contributed by atoms with E-state index < -0.39 is 0 Å². The molecule has 0 aromatic heterocycles. The summed E-state index contributed by atoms with van der Waals surface area (Å²) in [5, 5.41) is 2.97. The lowest BCUT2D eigenvalue weighted by molar-refractivity contribution is 0.0937. The monoisotopic (exact) mass is 277 g/mol. The molecular formula is C15H23N3O2. The highest BCUT2D eigenvalue weighted by atomic mass is 16.5. The van der Waals surface area contributed by atoms with Gasteiger partial charge in [-0.1, -0.05) is 0 Å². The predicted octanol–water partition coefficient (Wildman–Crippen LogP) is 1.49. The quantitative estimate of drug-likeness (QED) is 0.800. The van der Waals surface area contributed by atoms with Crippen molar-refractivity contribution in [2.24, 2.45) is 0 Å². The SMILES string of the molecule is COc1cc(N)ccc1C(=O)NCC(C)N1CCCC1. The first-order valence-corrected chi connectivity index (χ1v) is 7.07. The van der Waals surface area contributed by atoms with E-state index in [1.807, 2.05) is 0 Å². The van der Waals surface area contributed by atoms with Crippen molar-refractivity contribution >= 4 is 11.6 Å². The van der Waals surface area contributed by atoms with Gasteiger partial charge in [0.25, 0.3) is 5.91 Å². The highest BCUT2D eigenvalue weighted by Gasteiger charge is 2.19. The van der Waals surface area contributed by atoms with Crippen molar-refractivity contribution in [3.63, 3.8) is 0 Å². The van der Waals surface area contributed by atoms with E-state index >= 15 is 0 Å². The van der Waals surface area contributed by atoms with E-state index in [2.05, 4.69) is 17.1 Å². The van der Waals surface area contributed by atoms with Gasteiger partial charge in [-0.25, -0.2) is 0 Å². The Balaban J connectivity index is 1.94. The minimum Gasteiger partial charge on any atom is -0.496 e. The number of rotatable bonds is 5. The van der Waals surface area contributed by atoms with Gasteiger partial charge in [-0.05, 0) is 45.0 Å². The predicted molar refractivity (Wildman–Crippen MR) is 80.0 cm³/mol. The molecule has 3 N–H and O–H groups in total. The topological polar surface area (TPSA) is 67.6 Å². The molecule has 0 aliphatic carbocycles. The van der Waals surface area contributed by atoms with E-state index in [9.17, 15) is 4.79 Å². The summed E-state index contributed by atoms with van der Waals surface area (Å²) in [7, 11) is 1.54. The molecule has 1 aliphatic heterocycles. The van der Waals surface area contributed by atoms with Gasteiger partial charge >= 0.3 is 0 Å². The minimum atomic E-state index is -0.118. The van der Waals surface area contributed by atoms with Crippen LogP contribution in [0.2, 0.25) is 0 Å². The molecule has 1 unspecified atom stereocenters. The maximum Gasteiger partial charge on any atom is 0.255 e. The molecule has 1 aliphatic rings. The number of carbonyl (C=O) groups excluding carboxylic acids is 1. The van der Waals surface area contributed by atoms with Crippen LogP contribution >= 0.6 is 0 Å². The maximum absolute atomic E-state index is 12.2. The molecule has 1 heterocycles. The van der Waals surface area contributed by atoms with Crippen LogP contribution in [0.5, 0.6) is 5.75 Å². The Morgan fingerprint density at radius 3 is 2.80 bits per heavy atom. The number of nitrogen functional groups attached to an aromatic ring is 1. The van der Waals surface area contributed by atoms with Crippen LogP contribution in [0.4, 0.5) is 5.69 Å². The van der Waals surface area contributed by atoms with Crippen LogP contribution in [0, 0.1) is 0 Å². The van der Waals surface area contributed by atoms with Crippen molar-refractivity contribution in [3.8, 4) is 5.75 Å². The average molecular weight is 277 g/mol. The Labute approximate surface area is 120 Å². The molecule has 1 fully saturated rings. The number of nitrogens with two attached hydrogens (primary N) is 1. The number of hydrogen-bond acceptors (Lipinski definition) is 4. The van der Waals surface area contributed by atoms with Crippen molar-refractivity contribution in [1.82, 2.24) is 10.2 Å². The molecule has 0 spiro atoms. The number of benzene rings is 1. The van der Waals surface area contributed by atoms with Crippen molar-refractivity contribution in [2.75, 3.05) is 32.5 Å². The summed E-state index contributed by atoms with van der Waals surface area (Å²) in [5.41, 5.74) is 6.80. The molecule has 0 saturated carbocycles. The van der Waals surface area contributed by atoms with Gasteiger partial charge in [0.05, 0.1) is 12.7 Å². The van der Waals surface area contributed by atoms with Crippen LogP contribution < -0.4 is 15.8 Å². The molecule has 5 nitrogen and oxygen atoms in total. The standard InChI is InChI=1S/C15H23N3O2/c1-11(18-7-3-4-8-18)10-17-15(19)13-6-5-12(16)9-14(13)20-2/h5-6,9,11H,3-4,7-8,10,16H2,1-2H3,(H,17,19). The lowest BCUT2D eigenvalue weighted by Crippen LogP contribution is -2.40. The van der Waals surface area contributed by atoms with E-state index in [1.165, 1.54) is 12.8 Å². The summed E-state index contributed by atoms with van der Waals surface area (Å²) in [6.07, 6.45) is 2.51. The molecule has 1 saturated heterocycles. The zero-order valence-corrected chi connectivity index (χ0v) is 12.2. The van der Waals surface area contributed by atoms with Crippen LogP contribution in [0.3, 0.4) is 0 Å². The summed E-state index contributed by atoms with van der Waals surface area (Å²) in [6.45, 7) is 5.04. The summed E-state index contributed by atoms with van der Waals surface area (Å²) in [6, 6.07) is 5.44. The average Bonchev–Trinajstić information content (AvgIpc) is 2.98. The number of anilines is 1. The smallest absolute Gasteiger partial charge is 0.255 e. The van der Waals surface area contributed by atoms with E-state index in [0.29, 0.717) is 29.6 Å². The van der Waals surface area contributed by atoms with Gasteiger partial charge in [-0.3, -0.25) is 9.69 Å². The normalized spacial score (nSPS) is 16.9. The summed E-state index contributed by atoms with van der Waals surface area (Å²) in [5.74, 6) is 0.393. The van der Waals surface area contributed by atoms with Gasteiger partial charge in [0.15, 0.2) is 0 Å². The number of ether oxygens (including phenoxy) is 1. The molecule has 5 heteroatoms. The number of hydrogen-bond donors (Lipinski definition) is 2. The Bertz CT molecular complexity index is 470. The van der Waals surface area contributed by atoms with Crippen LogP contribution in [0.25, 0.3) is 0 Å². The van der Waals surface area contributed by atoms with Crippen molar-refractivity contribution in [3.05, 3.63) is 23.8 Å². The van der Waals surface area contributed by atoms with E-state index in [-0.39, 0.29) is 5.91 Å². The van der Waals surface area contributed by atoms with Gasteiger partial charge in [0, 0.05) is 24.3 Å². The molecule has 2 rings (SSSR count). The number of methoxy groups -OCH3 is 1. The van der Waals surface area contributed by atoms with Gasteiger partial charge < -0.3 is 15.8 Å². The molecule has 20 heavy (non-hydrogen) atoms. The lowest BCUT2D eigenvalue weighted by atomic mass is 10.1. The van der Waals surface area contributed by atoms with Gasteiger partial charge in [-0.2, -0.15) is 0 Å². The molecule has 1 aromatic carbocycles. The van der Waals surface area contributed by atoms with Gasteiger partial charge in [-0.15, -0.1) is 0 Å². The zero-order valence-electron chi connectivity index (χ0n) is 12.2. The Hall–Kier alpha value is -1.75. The van der Waals surface area contributed by atoms with E-state index in [0.717, 1.165) is 13.1 Å². The second-order valence-corrected chi connectivity index (χ2v) is 5.26. The second-order valence-electron chi connectivity index (χ2n) is 5.26. The largest absolute Gasteiger partial charge is 0.496 e. The maximum atomic E-state index is 12.2. The number of nitrogens with one attached hydrogen (secondary N) is 1. The number of amides is 1.